The molecule has 1 amide bonds. The Hall–Kier alpha value is -3.31. The molecule has 0 saturated heterocycles. The van der Waals surface area contributed by atoms with Crippen LogP contribution >= 0.6 is 15.9 Å². The molecule has 30 heavy (non-hydrogen) atoms. The number of halogens is 1. The van der Waals surface area contributed by atoms with Crippen LogP contribution in [0, 0.1) is 11.3 Å². The fourth-order valence-electron chi connectivity index (χ4n) is 2.42. The van der Waals surface area contributed by atoms with E-state index in [2.05, 4.69) is 21.2 Å². The van der Waals surface area contributed by atoms with Gasteiger partial charge in [0.05, 0.1) is 13.2 Å². The summed E-state index contributed by atoms with van der Waals surface area (Å²) in [4.78, 5) is 24.0. The molecule has 0 radical (unpaired) electrons. The number of hydrogen-bond acceptors (Lipinski definition) is 6. The van der Waals surface area contributed by atoms with Crippen molar-refractivity contribution < 1.29 is 23.8 Å². The van der Waals surface area contributed by atoms with Crippen LogP contribution in [0.4, 0.5) is 5.69 Å². The van der Waals surface area contributed by atoms with Gasteiger partial charge in [-0.2, -0.15) is 5.26 Å². The highest BCUT2D eigenvalue weighted by molar-refractivity contribution is 9.10. The van der Waals surface area contributed by atoms with Crippen LogP contribution in [0.5, 0.6) is 11.5 Å². The minimum atomic E-state index is -0.531. The van der Waals surface area contributed by atoms with Crippen LogP contribution < -0.4 is 14.8 Å². The standard InChI is InChI=1S/C22H21BrN2O5/c1-3-28-20-11-15(8-9-19(20)30-14-21(26)29-4-2)10-16(13-24)22(27)25-18-7-5-6-17(23)12-18/h5-12H,3-4,14H2,1-2H3,(H,25,27)/b16-10-. The molecule has 0 heterocycles. The molecule has 0 atom stereocenters. The van der Waals surface area contributed by atoms with Gasteiger partial charge in [0.15, 0.2) is 18.1 Å². The van der Waals surface area contributed by atoms with Gasteiger partial charge in [0.2, 0.25) is 0 Å². The first-order valence-corrected chi connectivity index (χ1v) is 10.00. The molecule has 0 spiro atoms. The van der Waals surface area contributed by atoms with Crippen molar-refractivity contribution in [1.29, 1.82) is 5.26 Å². The van der Waals surface area contributed by atoms with Crippen molar-refractivity contribution in [2.45, 2.75) is 13.8 Å². The average molecular weight is 473 g/mol. The van der Waals surface area contributed by atoms with Crippen LogP contribution in [0.3, 0.4) is 0 Å². The number of rotatable bonds is 9. The molecule has 2 aromatic rings. The topological polar surface area (TPSA) is 97.7 Å². The minimum absolute atomic E-state index is 0.0717. The molecule has 2 aromatic carbocycles. The van der Waals surface area contributed by atoms with Crippen LogP contribution in [0.15, 0.2) is 52.5 Å². The average Bonchev–Trinajstić information content (AvgIpc) is 2.71. The van der Waals surface area contributed by atoms with Crippen molar-refractivity contribution in [2.24, 2.45) is 0 Å². The molecule has 2 rings (SSSR count). The Bertz CT molecular complexity index is 982. The first kappa shape index (κ1) is 23.0. The van der Waals surface area contributed by atoms with Gasteiger partial charge in [-0.15, -0.1) is 0 Å². The van der Waals surface area contributed by atoms with E-state index in [1.165, 1.54) is 6.08 Å². The van der Waals surface area contributed by atoms with Gasteiger partial charge in [0.1, 0.15) is 11.6 Å². The van der Waals surface area contributed by atoms with Crippen LogP contribution in [0.25, 0.3) is 6.08 Å². The number of carbonyl (C=O) groups excluding carboxylic acids is 2. The van der Waals surface area contributed by atoms with Gasteiger partial charge in [-0.3, -0.25) is 4.79 Å². The number of nitrogens with zero attached hydrogens (tertiary/aromatic N) is 1. The van der Waals surface area contributed by atoms with E-state index in [-0.39, 0.29) is 18.8 Å². The molecule has 8 heteroatoms. The molecule has 0 aliphatic carbocycles. The second kappa shape index (κ2) is 11.6. The summed E-state index contributed by atoms with van der Waals surface area (Å²) in [6.07, 6.45) is 1.45. The van der Waals surface area contributed by atoms with Crippen LogP contribution in [-0.2, 0) is 14.3 Å². The van der Waals surface area contributed by atoms with Crippen molar-refractivity contribution in [3.63, 3.8) is 0 Å². The van der Waals surface area contributed by atoms with Gasteiger partial charge in [-0.25, -0.2) is 4.79 Å². The number of ether oxygens (including phenoxy) is 3. The maximum atomic E-state index is 12.5. The summed E-state index contributed by atoms with van der Waals surface area (Å²) in [7, 11) is 0. The third-order valence-electron chi connectivity index (χ3n) is 3.68. The lowest BCUT2D eigenvalue weighted by atomic mass is 10.1. The van der Waals surface area contributed by atoms with E-state index in [0.717, 1.165) is 4.47 Å². The zero-order valence-electron chi connectivity index (χ0n) is 16.6. The van der Waals surface area contributed by atoms with Crippen molar-refractivity contribution in [3.05, 3.63) is 58.1 Å². The van der Waals surface area contributed by atoms with Crippen LogP contribution in [0.2, 0.25) is 0 Å². The number of carbonyl (C=O) groups is 2. The fourth-order valence-corrected chi connectivity index (χ4v) is 2.82. The van der Waals surface area contributed by atoms with Gasteiger partial charge in [0.25, 0.3) is 5.91 Å². The summed E-state index contributed by atoms with van der Waals surface area (Å²) >= 11 is 3.33. The minimum Gasteiger partial charge on any atom is -0.490 e. The van der Waals surface area contributed by atoms with E-state index in [1.54, 1.807) is 43.3 Å². The largest absolute Gasteiger partial charge is 0.490 e. The Morgan fingerprint density at radius 3 is 2.57 bits per heavy atom. The van der Waals surface area contributed by atoms with Gasteiger partial charge in [-0.1, -0.05) is 28.1 Å². The monoisotopic (exact) mass is 472 g/mol. The molecule has 0 aliphatic rings. The maximum absolute atomic E-state index is 12.5. The SMILES string of the molecule is CCOC(=O)COc1ccc(/C=C(/C#N)C(=O)Nc2cccc(Br)c2)cc1OCC. The van der Waals surface area contributed by atoms with Gasteiger partial charge >= 0.3 is 5.97 Å². The summed E-state index contributed by atoms with van der Waals surface area (Å²) in [5, 5.41) is 12.1. The summed E-state index contributed by atoms with van der Waals surface area (Å²) in [6.45, 7) is 3.91. The van der Waals surface area contributed by atoms with Gasteiger partial charge in [-0.05, 0) is 55.8 Å². The molecule has 156 valence electrons. The zero-order chi connectivity index (χ0) is 21.9. The van der Waals surface area contributed by atoms with Crippen molar-refractivity contribution in [3.8, 4) is 17.6 Å². The number of esters is 1. The first-order valence-electron chi connectivity index (χ1n) is 9.20. The number of hydrogen-bond donors (Lipinski definition) is 1. The predicted molar refractivity (Wildman–Crippen MR) is 116 cm³/mol. The van der Waals surface area contributed by atoms with Gasteiger partial charge in [0, 0.05) is 10.2 Å². The molecule has 7 nitrogen and oxygen atoms in total. The first-order chi connectivity index (χ1) is 14.5. The molecular weight excluding hydrogens is 452 g/mol. The second-order valence-electron chi connectivity index (χ2n) is 5.87. The van der Waals surface area contributed by atoms with E-state index in [9.17, 15) is 14.9 Å². The molecule has 0 bridgehead atoms. The predicted octanol–water partition coefficient (Wildman–Crippen LogP) is 4.34. The maximum Gasteiger partial charge on any atom is 0.344 e. The van der Waals surface area contributed by atoms with Crippen molar-refractivity contribution in [1.82, 2.24) is 0 Å². The number of benzene rings is 2. The lowest BCUT2D eigenvalue weighted by Crippen LogP contribution is -2.15. The molecule has 0 saturated carbocycles. The zero-order valence-corrected chi connectivity index (χ0v) is 18.2. The third-order valence-corrected chi connectivity index (χ3v) is 4.17. The van der Waals surface area contributed by atoms with Gasteiger partial charge < -0.3 is 19.5 Å². The molecule has 0 fully saturated rings. The lowest BCUT2D eigenvalue weighted by Gasteiger charge is -2.12. The summed E-state index contributed by atoms with van der Waals surface area (Å²) in [5.74, 6) is -0.268. The Kier molecular flexibility index (Phi) is 8.91. The summed E-state index contributed by atoms with van der Waals surface area (Å²) in [6, 6.07) is 13.9. The van der Waals surface area contributed by atoms with Crippen molar-refractivity contribution >= 4 is 39.6 Å². The third kappa shape index (κ3) is 6.94. The smallest absolute Gasteiger partial charge is 0.344 e. The van der Waals surface area contributed by atoms with E-state index < -0.39 is 11.9 Å². The number of nitriles is 1. The Balaban J connectivity index is 2.20. The second-order valence-corrected chi connectivity index (χ2v) is 6.78. The van der Waals surface area contributed by atoms with E-state index in [1.807, 2.05) is 19.1 Å². The molecule has 1 N–H and O–H groups in total. The fraction of sp³-hybridized carbons (Fsp3) is 0.227. The highest BCUT2D eigenvalue weighted by Crippen LogP contribution is 2.29. The Labute approximate surface area is 183 Å². The summed E-state index contributed by atoms with van der Waals surface area (Å²) < 4.78 is 16.7. The van der Waals surface area contributed by atoms with Crippen LogP contribution in [0.1, 0.15) is 19.4 Å². The molecular formula is C22H21BrN2O5. The highest BCUT2D eigenvalue weighted by Gasteiger charge is 2.13. The number of anilines is 1. The molecule has 0 unspecified atom stereocenters. The van der Waals surface area contributed by atoms with E-state index in [0.29, 0.717) is 29.4 Å². The molecule has 0 aliphatic heterocycles. The van der Waals surface area contributed by atoms with Crippen LogP contribution in [-0.4, -0.2) is 31.7 Å². The highest BCUT2D eigenvalue weighted by atomic mass is 79.9. The summed E-state index contributed by atoms with van der Waals surface area (Å²) in [5.41, 5.74) is 1.06. The number of nitrogens with one attached hydrogen (secondary N) is 1. The normalized spacial score (nSPS) is 10.7. The quantitative estimate of drug-likeness (QED) is 0.331. The number of amides is 1. The Morgan fingerprint density at radius 2 is 1.90 bits per heavy atom. The van der Waals surface area contributed by atoms with E-state index in [4.69, 9.17) is 14.2 Å². The van der Waals surface area contributed by atoms with Crippen molar-refractivity contribution in [2.75, 3.05) is 25.1 Å². The lowest BCUT2D eigenvalue weighted by molar-refractivity contribution is -0.145. The molecule has 0 aromatic heterocycles. The van der Waals surface area contributed by atoms with E-state index >= 15 is 0 Å². The Morgan fingerprint density at radius 1 is 1.10 bits per heavy atom.